The summed E-state index contributed by atoms with van der Waals surface area (Å²) in [6, 6.07) is 20.1. The maximum absolute atomic E-state index is 12.4. The third-order valence-corrected chi connectivity index (χ3v) is 5.24. The Morgan fingerprint density at radius 3 is 2.52 bits per heavy atom. The molecular weight excluding hydrogens is 362 g/mol. The van der Waals surface area contributed by atoms with Crippen molar-refractivity contribution in [3.05, 3.63) is 82.0 Å². The highest BCUT2D eigenvalue weighted by Crippen LogP contribution is 2.30. The van der Waals surface area contributed by atoms with Gasteiger partial charge in [-0.05, 0) is 24.3 Å². The number of thiophene rings is 1. The van der Waals surface area contributed by atoms with E-state index < -0.39 is 6.10 Å². The molecule has 0 aliphatic carbocycles. The van der Waals surface area contributed by atoms with E-state index in [1.54, 1.807) is 30.3 Å². The number of fused-ring (bicyclic) bond motifs is 1. The maximum Gasteiger partial charge on any atom is 0.264 e. The molecule has 2 aromatic carbocycles. The first-order valence-corrected chi connectivity index (χ1v) is 9.37. The quantitative estimate of drug-likeness (QED) is 0.690. The Hall–Kier alpha value is -3.12. The molecule has 0 bridgehead atoms. The molecule has 1 aliphatic heterocycles. The van der Waals surface area contributed by atoms with Crippen LogP contribution in [0.2, 0.25) is 0 Å². The minimum Gasteiger partial charge on any atom is -0.485 e. The molecule has 0 saturated heterocycles. The van der Waals surface area contributed by atoms with Crippen LogP contribution in [0.5, 0.6) is 11.5 Å². The second-order valence-corrected chi connectivity index (χ2v) is 7.21. The molecule has 2 heterocycles. The van der Waals surface area contributed by atoms with Gasteiger partial charge in [-0.1, -0.05) is 42.5 Å². The highest BCUT2D eigenvalue weighted by molar-refractivity contribution is 7.14. The molecule has 1 unspecified atom stereocenters. The highest BCUT2D eigenvalue weighted by atomic mass is 32.1. The summed E-state index contributed by atoms with van der Waals surface area (Å²) in [7, 11) is 0. The predicted octanol–water partition coefficient (Wildman–Crippen LogP) is 3.44. The lowest BCUT2D eigenvalue weighted by Gasteiger charge is -2.25. The van der Waals surface area contributed by atoms with Crippen LogP contribution in [0.4, 0.5) is 0 Å². The zero-order valence-corrected chi connectivity index (χ0v) is 15.2. The van der Waals surface area contributed by atoms with Gasteiger partial charge < -0.3 is 14.8 Å². The second-order valence-electron chi connectivity index (χ2n) is 6.04. The van der Waals surface area contributed by atoms with Gasteiger partial charge in [0.05, 0.1) is 11.4 Å². The van der Waals surface area contributed by atoms with Crippen LogP contribution in [-0.2, 0) is 11.3 Å². The second kappa shape index (κ2) is 7.63. The van der Waals surface area contributed by atoms with Crippen molar-refractivity contribution in [2.45, 2.75) is 12.6 Å². The first kappa shape index (κ1) is 17.3. The average molecular weight is 379 g/mol. The monoisotopic (exact) mass is 379 g/mol. The smallest absolute Gasteiger partial charge is 0.264 e. The number of carbonyl (C=O) groups excluding carboxylic acids is 2. The molecule has 4 rings (SSSR count). The Kier molecular flexibility index (Phi) is 4.89. The number of ketones is 1. The van der Waals surface area contributed by atoms with Crippen LogP contribution in [0.25, 0.3) is 0 Å². The molecule has 0 fully saturated rings. The minimum atomic E-state index is -0.690. The number of nitrogens with one attached hydrogen (secondary N) is 1. The lowest BCUT2D eigenvalue weighted by molar-refractivity contribution is -0.130. The third kappa shape index (κ3) is 3.85. The third-order valence-electron chi connectivity index (χ3n) is 4.16. The summed E-state index contributed by atoms with van der Waals surface area (Å²) in [5.74, 6) is 0.951. The number of ether oxygens (including phenoxy) is 2. The SMILES string of the molecule is O=C(c1ccccc1)c1ccc(CNC(=O)C2COc3ccccc3O2)s1. The molecule has 3 aromatic rings. The molecule has 1 aromatic heterocycles. The van der Waals surface area contributed by atoms with Gasteiger partial charge in [-0.3, -0.25) is 9.59 Å². The van der Waals surface area contributed by atoms with E-state index in [1.807, 2.05) is 36.4 Å². The van der Waals surface area contributed by atoms with E-state index in [9.17, 15) is 9.59 Å². The molecule has 5 nitrogen and oxygen atoms in total. The van der Waals surface area contributed by atoms with Crippen LogP contribution < -0.4 is 14.8 Å². The van der Waals surface area contributed by atoms with E-state index in [4.69, 9.17) is 9.47 Å². The molecule has 1 aliphatic rings. The fraction of sp³-hybridized carbons (Fsp3) is 0.143. The van der Waals surface area contributed by atoms with E-state index in [2.05, 4.69) is 5.32 Å². The molecule has 0 saturated carbocycles. The van der Waals surface area contributed by atoms with Crippen LogP contribution >= 0.6 is 11.3 Å². The Bertz CT molecular complexity index is 967. The number of carbonyl (C=O) groups is 2. The summed E-state index contributed by atoms with van der Waals surface area (Å²) in [5.41, 5.74) is 0.654. The largest absolute Gasteiger partial charge is 0.485 e. The topological polar surface area (TPSA) is 64.6 Å². The molecule has 0 radical (unpaired) electrons. The Morgan fingerprint density at radius 2 is 1.70 bits per heavy atom. The summed E-state index contributed by atoms with van der Waals surface area (Å²) in [6.45, 7) is 0.512. The van der Waals surface area contributed by atoms with Crippen molar-refractivity contribution < 1.29 is 19.1 Å². The Balaban J connectivity index is 1.35. The highest BCUT2D eigenvalue weighted by Gasteiger charge is 2.27. The van der Waals surface area contributed by atoms with Gasteiger partial charge in [0.15, 0.2) is 11.5 Å². The first-order chi connectivity index (χ1) is 13.2. The van der Waals surface area contributed by atoms with Gasteiger partial charge in [-0.25, -0.2) is 0 Å². The van der Waals surface area contributed by atoms with Crippen LogP contribution in [0.15, 0.2) is 66.7 Å². The number of hydrogen-bond donors (Lipinski definition) is 1. The van der Waals surface area contributed by atoms with Crippen LogP contribution in [0, 0.1) is 0 Å². The number of rotatable bonds is 5. The summed E-state index contributed by atoms with van der Waals surface area (Å²) >= 11 is 1.38. The van der Waals surface area contributed by atoms with E-state index in [1.165, 1.54) is 11.3 Å². The van der Waals surface area contributed by atoms with Crippen molar-refractivity contribution >= 4 is 23.0 Å². The fourth-order valence-electron chi connectivity index (χ4n) is 2.76. The lowest BCUT2D eigenvalue weighted by atomic mass is 10.1. The van der Waals surface area contributed by atoms with Gasteiger partial charge in [-0.15, -0.1) is 11.3 Å². The molecule has 136 valence electrons. The number of para-hydroxylation sites is 2. The number of benzene rings is 2. The van der Waals surface area contributed by atoms with Gasteiger partial charge >= 0.3 is 0 Å². The summed E-state index contributed by atoms with van der Waals surface area (Å²) in [6.07, 6.45) is -0.690. The Labute approximate surface area is 160 Å². The molecule has 1 N–H and O–H groups in total. The van der Waals surface area contributed by atoms with Crippen molar-refractivity contribution in [2.24, 2.45) is 0 Å². The molecule has 6 heteroatoms. The van der Waals surface area contributed by atoms with E-state index in [0.29, 0.717) is 28.5 Å². The van der Waals surface area contributed by atoms with E-state index in [-0.39, 0.29) is 18.3 Å². The van der Waals surface area contributed by atoms with Crippen LogP contribution in [0.3, 0.4) is 0 Å². The van der Waals surface area contributed by atoms with E-state index >= 15 is 0 Å². The molecule has 27 heavy (non-hydrogen) atoms. The van der Waals surface area contributed by atoms with Crippen molar-refractivity contribution in [2.75, 3.05) is 6.61 Å². The van der Waals surface area contributed by atoms with E-state index in [0.717, 1.165) is 4.88 Å². The summed E-state index contributed by atoms with van der Waals surface area (Å²) < 4.78 is 11.3. The fourth-order valence-corrected chi connectivity index (χ4v) is 3.67. The predicted molar refractivity (Wildman–Crippen MR) is 102 cm³/mol. The van der Waals surface area contributed by atoms with Crippen molar-refractivity contribution in [3.8, 4) is 11.5 Å². The first-order valence-electron chi connectivity index (χ1n) is 8.55. The van der Waals surface area contributed by atoms with Crippen LogP contribution in [-0.4, -0.2) is 24.4 Å². The zero-order chi connectivity index (χ0) is 18.6. The summed E-state index contributed by atoms with van der Waals surface area (Å²) in [4.78, 5) is 26.4. The molecule has 0 spiro atoms. The van der Waals surface area contributed by atoms with Gasteiger partial charge in [0.1, 0.15) is 6.61 Å². The van der Waals surface area contributed by atoms with Gasteiger partial charge in [0, 0.05) is 10.4 Å². The standard InChI is InChI=1S/C21H17NO4S/c23-20(14-6-2-1-3-7-14)19-11-10-15(27-19)12-22-21(24)18-13-25-16-8-4-5-9-17(16)26-18/h1-11,18H,12-13H2,(H,22,24). The normalized spacial score (nSPS) is 15.2. The van der Waals surface area contributed by atoms with Crippen molar-refractivity contribution in [1.82, 2.24) is 5.32 Å². The average Bonchev–Trinajstić information content (AvgIpc) is 3.21. The number of hydrogen-bond acceptors (Lipinski definition) is 5. The lowest BCUT2D eigenvalue weighted by Crippen LogP contribution is -2.43. The molecule has 1 atom stereocenters. The van der Waals surface area contributed by atoms with Gasteiger partial charge in [0.2, 0.25) is 11.9 Å². The Morgan fingerprint density at radius 1 is 0.963 bits per heavy atom. The molecular formula is C21H17NO4S. The molecule has 1 amide bonds. The van der Waals surface area contributed by atoms with Crippen molar-refractivity contribution in [1.29, 1.82) is 0 Å². The summed E-state index contributed by atoms with van der Waals surface area (Å²) in [5, 5.41) is 2.85. The van der Waals surface area contributed by atoms with Crippen molar-refractivity contribution in [3.63, 3.8) is 0 Å². The number of amides is 1. The zero-order valence-electron chi connectivity index (χ0n) is 14.4. The van der Waals surface area contributed by atoms with Gasteiger partial charge in [0.25, 0.3) is 5.91 Å². The maximum atomic E-state index is 12.4. The van der Waals surface area contributed by atoms with Gasteiger partial charge in [-0.2, -0.15) is 0 Å². The minimum absolute atomic E-state index is 0.0150. The van der Waals surface area contributed by atoms with Crippen LogP contribution in [0.1, 0.15) is 20.1 Å².